The first-order valence-corrected chi connectivity index (χ1v) is 12.4. The van der Waals surface area contributed by atoms with Crippen LogP contribution in [-0.2, 0) is 24.8 Å². The van der Waals surface area contributed by atoms with E-state index in [2.05, 4.69) is 18.8 Å². The van der Waals surface area contributed by atoms with Gasteiger partial charge < -0.3 is 19.7 Å². The van der Waals surface area contributed by atoms with Gasteiger partial charge in [0.2, 0.25) is 0 Å². The van der Waals surface area contributed by atoms with Crippen LogP contribution in [0.5, 0.6) is 0 Å². The topological polar surface area (TPSA) is 96.3 Å². The maximum absolute atomic E-state index is 12.2. The fourth-order valence-corrected chi connectivity index (χ4v) is 4.61. The molecule has 0 aromatic carbocycles. The first-order valence-electron chi connectivity index (χ1n) is 11.5. The highest BCUT2D eigenvalue weighted by Crippen LogP contribution is 2.42. The number of likely N-dealkylation sites (N-methyl/N-ethyl adjacent to an activating group) is 1. The highest BCUT2D eigenvalue weighted by Gasteiger charge is 2.61. The average molecular weight is 478 g/mol. The number of ether oxygens (including phenoxy) is 2. The highest BCUT2D eigenvalue weighted by molar-refractivity contribution is 7.10. The zero-order chi connectivity index (χ0) is 24.3. The minimum absolute atomic E-state index is 0.193. The van der Waals surface area contributed by atoms with E-state index in [-0.39, 0.29) is 4.88 Å². The minimum atomic E-state index is -2.43. The van der Waals surface area contributed by atoms with Crippen LogP contribution in [0.1, 0.15) is 75.2 Å². The van der Waals surface area contributed by atoms with Crippen LogP contribution in [-0.4, -0.2) is 53.5 Å². The first kappa shape index (κ1) is 27.1. The second kappa shape index (κ2) is 12.9. The molecule has 0 radical (unpaired) electrons. The molecule has 33 heavy (non-hydrogen) atoms. The maximum atomic E-state index is 12.2. The summed E-state index contributed by atoms with van der Waals surface area (Å²) in [7, 11) is 3.01. The van der Waals surface area contributed by atoms with Crippen molar-refractivity contribution in [1.29, 1.82) is 0 Å². The molecule has 0 saturated heterocycles. The van der Waals surface area contributed by atoms with E-state index in [4.69, 9.17) is 9.47 Å². The molecular formula is C25H35NO6S. The third kappa shape index (κ3) is 6.90. The predicted molar refractivity (Wildman–Crippen MR) is 127 cm³/mol. The molecule has 0 saturated carbocycles. The van der Waals surface area contributed by atoms with E-state index in [1.54, 1.807) is 11.4 Å². The number of esters is 2. The van der Waals surface area contributed by atoms with E-state index in [1.807, 2.05) is 0 Å². The third-order valence-electron chi connectivity index (χ3n) is 5.66. The van der Waals surface area contributed by atoms with Gasteiger partial charge in [-0.05, 0) is 26.6 Å². The molecule has 182 valence electrons. The van der Waals surface area contributed by atoms with E-state index in [9.17, 15) is 19.8 Å². The van der Waals surface area contributed by atoms with Gasteiger partial charge >= 0.3 is 17.7 Å². The SMILES string of the molecule is CCCCCCCCCCC#Cc1csc(C2(O)OC(=O)/C=C\C(=O)OC2(CO)N(C)C)c1. The summed E-state index contributed by atoms with van der Waals surface area (Å²) in [4.78, 5) is 25.8. The predicted octanol–water partition coefficient (Wildman–Crippen LogP) is 3.68. The number of hydrogen-bond donors (Lipinski definition) is 2. The standard InChI is InChI=1S/C25H35NO6S/c1-4-5-6-7-8-9-10-11-12-13-14-20-17-21(33-18-20)25(30)24(19-27,26(2)3)31-22(28)15-16-23(29)32-25/h15-18,27,30H,4-12,19H2,1-3H3/b16-15-. The van der Waals surface area contributed by atoms with Crippen LogP contribution in [0.25, 0.3) is 0 Å². The zero-order valence-electron chi connectivity index (χ0n) is 19.8. The Morgan fingerprint density at radius 3 is 2.21 bits per heavy atom. The molecular weight excluding hydrogens is 442 g/mol. The van der Waals surface area contributed by atoms with Gasteiger partial charge in [-0.15, -0.1) is 11.3 Å². The summed E-state index contributed by atoms with van der Waals surface area (Å²) in [6, 6.07) is 1.59. The van der Waals surface area contributed by atoms with Crippen molar-refractivity contribution in [3.8, 4) is 11.8 Å². The molecule has 2 rings (SSSR count). The first-order chi connectivity index (χ1) is 15.8. The number of carbonyl (C=O) groups excluding carboxylic acids is 2. The molecule has 1 aliphatic rings. The van der Waals surface area contributed by atoms with Crippen LogP contribution < -0.4 is 0 Å². The van der Waals surface area contributed by atoms with Crippen molar-refractivity contribution in [3.63, 3.8) is 0 Å². The summed E-state index contributed by atoms with van der Waals surface area (Å²) in [5, 5.41) is 23.3. The van der Waals surface area contributed by atoms with Crippen LogP contribution in [0.3, 0.4) is 0 Å². The van der Waals surface area contributed by atoms with Crippen molar-refractivity contribution in [2.24, 2.45) is 0 Å². The molecule has 0 amide bonds. The fraction of sp³-hybridized carbons (Fsp3) is 0.600. The summed E-state index contributed by atoms with van der Waals surface area (Å²) in [5.41, 5.74) is -1.38. The minimum Gasteiger partial charge on any atom is -0.430 e. The van der Waals surface area contributed by atoms with E-state index in [1.165, 1.54) is 57.5 Å². The lowest BCUT2D eigenvalue weighted by atomic mass is 9.98. The Morgan fingerprint density at radius 1 is 1.00 bits per heavy atom. The molecule has 0 spiro atoms. The van der Waals surface area contributed by atoms with E-state index >= 15 is 0 Å². The van der Waals surface area contributed by atoms with Gasteiger partial charge in [-0.1, -0.05) is 63.7 Å². The Kier molecular flexibility index (Phi) is 10.6. The lowest BCUT2D eigenvalue weighted by molar-refractivity contribution is -0.341. The summed E-state index contributed by atoms with van der Waals surface area (Å²) >= 11 is 1.11. The lowest BCUT2D eigenvalue weighted by Crippen LogP contribution is -2.66. The van der Waals surface area contributed by atoms with E-state index in [0.29, 0.717) is 5.56 Å². The third-order valence-corrected chi connectivity index (χ3v) is 6.68. The van der Waals surface area contributed by atoms with Crippen LogP contribution in [0.15, 0.2) is 23.6 Å². The molecule has 2 unspecified atom stereocenters. The van der Waals surface area contributed by atoms with Gasteiger partial charge in [0.25, 0.3) is 5.72 Å². The van der Waals surface area contributed by atoms with Crippen molar-refractivity contribution < 1.29 is 29.3 Å². The number of thiophene rings is 1. The fourth-order valence-electron chi connectivity index (χ4n) is 3.67. The van der Waals surface area contributed by atoms with Crippen molar-refractivity contribution in [3.05, 3.63) is 34.0 Å². The molecule has 7 nitrogen and oxygen atoms in total. The molecule has 0 bridgehead atoms. The summed E-state index contributed by atoms with van der Waals surface area (Å²) in [6.45, 7) is 1.41. The number of aliphatic hydroxyl groups is 2. The maximum Gasteiger partial charge on any atom is 0.334 e. The monoisotopic (exact) mass is 477 g/mol. The normalized spacial score (nSPS) is 23.8. The van der Waals surface area contributed by atoms with Gasteiger partial charge in [0.15, 0.2) is 0 Å². The molecule has 2 atom stereocenters. The Morgan fingerprint density at radius 2 is 1.61 bits per heavy atom. The van der Waals surface area contributed by atoms with Gasteiger partial charge in [0.1, 0.15) is 6.61 Å². The smallest absolute Gasteiger partial charge is 0.334 e. The largest absolute Gasteiger partial charge is 0.430 e. The molecule has 1 aromatic rings. The van der Waals surface area contributed by atoms with Crippen LogP contribution in [0.4, 0.5) is 0 Å². The second-order valence-electron chi connectivity index (χ2n) is 8.38. The number of unbranched alkanes of at least 4 members (excludes halogenated alkanes) is 8. The second-order valence-corrected chi connectivity index (χ2v) is 9.29. The highest BCUT2D eigenvalue weighted by atomic mass is 32.1. The number of cyclic esters (lactones) is 2. The van der Waals surface area contributed by atoms with E-state index in [0.717, 1.165) is 42.8 Å². The van der Waals surface area contributed by atoms with Gasteiger partial charge in [0, 0.05) is 29.5 Å². The van der Waals surface area contributed by atoms with Crippen LogP contribution >= 0.6 is 11.3 Å². The number of carbonyl (C=O) groups is 2. The Labute approximate surface area is 200 Å². The van der Waals surface area contributed by atoms with Crippen molar-refractivity contribution in [2.75, 3.05) is 20.7 Å². The van der Waals surface area contributed by atoms with Gasteiger partial charge in [0.05, 0.1) is 4.88 Å². The van der Waals surface area contributed by atoms with Crippen molar-refractivity contribution in [1.82, 2.24) is 4.90 Å². The van der Waals surface area contributed by atoms with Crippen LogP contribution in [0, 0.1) is 11.8 Å². The quantitative estimate of drug-likeness (QED) is 0.285. The Balaban J connectivity index is 2.08. The summed E-state index contributed by atoms with van der Waals surface area (Å²) < 4.78 is 10.7. The van der Waals surface area contributed by atoms with Gasteiger partial charge in [-0.2, -0.15) is 0 Å². The van der Waals surface area contributed by atoms with E-state index < -0.39 is 30.1 Å². The zero-order valence-corrected chi connectivity index (χ0v) is 20.6. The van der Waals surface area contributed by atoms with Crippen LogP contribution in [0.2, 0.25) is 0 Å². The number of nitrogens with zero attached hydrogens (tertiary/aromatic N) is 1. The molecule has 1 aromatic heterocycles. The molecule has 8 heteroatoms. The van der Waals surface area contributed by atoms with Crippen molar-refractivity contribution >= 4 is 23.3 Å². The summed E-state index contributed by atoms with van der Waals surface area (Å²) in [5.74, 6) is 1.99. The Hall–Kier alpha value is -2.18. The number of rotatable bonds is 11. The molecule has 2 N–H and O–H groups in total. The Bertz CT molecular complexity index is 883. The lowest BCUT2D eigenvalue weighted by Gasteiger charge is -2.47. The number of aliphatic hydroxyl groups excluding tert-OH is 1. The number of hydrogen-bond acceptors (Lipinski definition) is 8. The molecule has 0 fully saturated rings. The average Bonchev–Trinajstić information content (AvgIpc) is 3.26. The van der Waals surface area contributed by atoms with Crippen molar-refractivity contribution in [2.45, 2.75) is 76.2 Å². The molecule has 0 aliphatic carbocycles. The molecule has 1 aliphatic heterocycles. The van der Waals surface area contributed by atoms with Gasteiger partial charge in [-0.25, -0.2) is 9.59 Å². The molecule has 2 heterocycles. The van der Waals surface area contributed by atoms with Gasteiger partial charge in [-0.3, -0.25) is 4.90 Å². The summed E-state index contributed by atoms with van der Waals surface area (Å²) in [6.07, 6.45) is 12.5.